The molecule has 1 aliphatic rings. The van der Waals surface area contributed by atoms with Crippen molar-refractivity contribution in [2.45, 2.75) is 33.2 Å². The van der Waals surface area contributed by atoms with Crippen molar-refractivity contribution in [3.8, 4) is 0 Å². The average molecular weight is 382 g/mol. The average Bonchev–Trinajstić information content (AvgIpc) is 2.87. The van der Waals surface area contributed by atoms with Gasteiger partial charge in [-0.3, -0.25) is 9.69 Å². The van der Waals surface area contributed by atoms with Gasteiger partial charge in [0.25, 0.3) is 0 Å². The van der Waals surface area contributed by atoms with E-state index in [1.165, 1.54) is 0 Å². The molecular weight excluding hydrogens is 354 g/mol. The van der Waals surface area contributed by atoms with Gasteiger partial charge in [-0.25, -0.2) is 4.79 Å². The van der Waals surface area contributed by atoms with Crippen molar-refractivity contribution in [2.24, 2.45) is 5.92 Å². The van der Waals surface area contributed by atoms with E-state index >= 15 is 0 Å². The molecule has 144 valence electrons. The number of hydrogen-bond donors (Lipinski definition) is 1. The van der Waals surface area contributed by atoms with Crippen LogP contribution >= 0.6 is 11.6 Å². The Balaban J connectivity index is 1.85. The number of benzene rings is 1. The summed E-state index contributed by atoms with van der Waals surface area (Å²) in [6.45, 7) is 8.97. The highest BCUT2D eigenvalue weighted by Gasteiger charge is 2.26. The van der Waals surface area contributed by atoms with Crippen LogP contribution in [0.5, 0.6) is 0 Å². The maximum absolute atomic E-state index is 12.5. The number of amides is 2. The fourth-order valence-electron chi connectivity index (χ4n) is 2.78. The fourth-order valence-corrected chi connectivity index (χ4v) is 2.91. The number of halogens is 1. The van der Waals surface area contributed by atoms with Gasteiger partial charge in [-0.1, -0.05) is 25.4 Å². The van der Waals surface area contributed by atoms with Gasteiger partial charge >= 0.3 is 6.09 Å². The normalized spacial score (nSPS) is 16.9. The Morgan fingerprint density at radius 2 is 1.81 bits per heavy atom. The molecular formula is C19H28ClN3O3. The minimum atomic E-state index is -0.280. The van der Waals surface area contributed by atoms with Crippen molar-refractivity contribution in [1.29, 1.82) is 0 Å². The Morgan fingerprint density at radius 1 is 1.12 bits per heavy atom. The van der Waals surface area contributed by atoms with Crippen molar-refractivity contribution in [2.75, 3.05) is 38.1 Å². The summed E-state index contributed by atoms with van der Waals surface area (Å²) in [6, 6.07) is 6.77. The van der Waals surface area contributed by atoms with Gasteiger partial charge in [-0.15, -0.1) is 0 Å². The van der Waals surface area contributed by atoms with Gasteiger partial charge in [0.1, 0.15) is 0 Å². The lowest BCUT2D eigenvalue weighted by molar-refractivity contribution is -0.120. The summed E-state index contributed by atoms with van der Waals surface area (Å²) in [4.78, 5) is 28.5. The summed E-state index contributed by atoms with van der Waals surface area (Å²) in [7, 11) is 0. The predicted octanol–water partition coefficient (Wildman–Crippen LogP) is 3.47. The first-order valence-electron chi connectivity index (χ1n) is 9.09. The number of ether oxygens (including phenoxy) is 1. The van der Waals surface area contributed by atoms with Crippen LogP contribution in [0.15, 0.2) is 24.3 Å². The third-order valence-corrected chi connectivity index (χ3v) is 4.62. The van der Waals surface area contributed by atoms with Crippen LogP contribution in [0.1, 0.15) is 27.2 Å². The molecule has 1 N–H and O–H groups in total. The monoisotopic (exact) mass is 381 g/mol. The van der Waals surface area contributed by atoms with Crippen LogP contribution in [0.4, 0.5) is 10.5 Å². The highest BCUT2D eigenvalue weighted by molar-refractivity contribution is 6.30. The molecule has 1 unspecified atom stereocenters. The lowest BCUT2D eigenvalue weighted by Crippen LogP contribution is -2.44. The second kappa shape index (κ2) is 9.78. The van der Waals surface area contributed by atoms with Crippen LogP contribution in [0.3, 0.4) is 0 Å². The molecule has 7 heteroatoms. The van der Waals surface area contributed by atoms with E-state index in [2.05, 4.69) is 10.2 Å². The summed E-state index contributed by atoms with van der Waals surface area (Å²) in [5, 5.41) is 3.54. The van der Waals surface area contributed by atoms with E-state index in [1.54, 1.807) is 29.2 Å². The molecule has 1 atom stereocenters. The molecule has 1 fully saturated rings. The minimum Gasteiger partial charge on any atom is -0.449 e. The molecule has 1 aliphatic heterocycles. The second-order valence-electron chi connectivity index (χ2n) is 7.02. The molecule has 2 amide bonds. The number of rotatable bonds is 5. The van der Waals surface area contributed by atoms with Crippen molar-refractivity contribution < 1.29 is 14.3 Å². The molecule has 1 aromatic rings. The Kier molecular flexibility index (Phi) is 7.72. The van der Waals surface area contributed by atoms with E-state index in [1.807, 2.05) is 20.8 Å². The molecule has 2 rings (SSSR count). The first kappa shape index (κ1) is 20.5. The van der Waals surface area contributed by atoms with E-state index < -0.39 is 0 Å². The fraction of sp³-hybridized carbons (Fsp3) is 0.579. The molecule has 1 saturated heterocycles. The molecule has 0 spiro atoms. The zero-order chi connectivity index (χ0) is 19.1. The van der Waals surface area contributed by atoms with Crippen molar-refractivity contribution in [3.05, 3.63) is 29.3 Å². The molecule has 1 heterocycles. The number of hydrogen-bond acceptors (Lipinski definition) is 4. The molecule has 0 aromatic heterocycles. The summed E-state index contributed by atoms with van der Waals surface area (Å²) in [5.74, 6) is 0.252. The van der Waals surface area contributed by atoms with Gasteiger partial charge < -0.3 is 15.0 Å². The van der Waals surface area contributed by atoms with Crippen LogP contribution in [0, 0.1) is 5.92 Å². The summed E-state index contributed by atoms with van der Waals surface area (Å²) in [5.41, 5.74) is 0.722. The molecule has 0 aliphatic carbocycles. The van der Waals surface area contributed by atoms with Crippen molar-refractivity contribution in [3.63, 3.8) is 0 Å². The predicted molar refractivity (Wildman–Crippen MR) is 103 cm³/mol. The quantitative estimate of drug-likeness (QED) is 0.848. The highest BCUT2D eigenvalue weighted by Crippen LogP contribution is 2.15. The standard InChI is InChI=1S/C19H28ClN3O3/c1-14(2)13-26-19(25)23-10-4-9-22(11-12-23)15(3)18(24)21-17-7-5-16(20)6-8-17/h5-8,14-15H,4,9-13H2,1-3H3,(H,21,24). The first-order chi connectivity index (χ1) is 12.4. The number of anilines is 1. The Hall–Kier alpha value is -1.79. The second-order valence-corrected chi connectivity index (χ2v) is 7.46. The Morgan fingerprint density at radius 3 is 2.46 bits per heavy atom. The van der Waals surface area contributed by atoms with Gasteiger partial charge in [0.15, 0.2) is 0 Å². The topological polar surface area (TPSA) is 61.9 Å². The van der Waals surface area contributed by atoms with Gasteiger partial charge in [0.2, 0.25) is 5.91 Å². The van der Waals surface area contributed by atoms with E-state index in [0.717, 1.165) is 18.7 Å². The molecule has 0 radical (unpaired) electrons. The number of nitrogens with zero attached hydrogens (tertiary/aromatic N) is 2. The van der Waals surface area contributed by atoms with Crippen molar-refractivity contribution in [1.82, 2.24) is 9.80 Å². The van der Waals surface area contributed by atoms with Crippen LogP contribution in [0.2, 0.25) is 5.02 Å². The zero-order valence-electron chi connectivity index (χ0n) is 15.7. The third-order valence-electron chi connectivity index (χ3n) is 4.37. The summed E-state index contributed by atoms with van der Waals surface area (Å²) in [6.07, 6.45) is 0.550. The van der Waals surface area contributed by atoms with Crippen LogP contribution in [0.25, 0.3) is 0 Å². The van der Waals surface area contributed by atoms with Gasteiger partial charge in [-0.05, 0) is 43.5 Å². The van der Waals surface area contributed by atoms with Crippen LogP contribution in [-0.2, 0) is 9.53 Å². The summed E-state index contributed by atoms with van der Waals surface area (Å²) < 4.78 is 5.31. The molecule has 6 nitrogen and oxygen atoms in total. The van der Waals surface area contributed by atoms with E-state index in [4.69, 9.17) is 16.3 Å². The van der Waals surface area contributed by atoms with E-state index in [9.17, 15) is 9.59 Å². The van der Waals surface area contributed by atoms with Crippen LogP contribution < -0.4 is 5.32 Å². The first-order valence-corrected chi connectivity index (χ1v) is 9.47. The number of nitrogens with one attached hydrogen (secondary N) is 1. The molecule has 0 saturated carbocycles. The lowest BCUT2D eigenvalue weighted by Gasteiger charge is -2.27. The largest absolute Gasteiger partial charge is 0.449 e. The SMILES string of the molecule is CC(C)COC(=O)N1CCCN(C(C)C(=O)Nc2ccc(Cl)cc2)CC1. The molecule has 26 heavy (non-hydrogen) atoms. The number of carbonyl (C=O) groups is 2. The minimum absolute atomic E-state index is 0.0665. The highest BCUT2D eigenvalue weighted by atomic mass is 35.5. The third kappa shape index (κ3) is 6.18. The molecule has 1 aromatic carbocycles. The zero-order valence-corrected chi connectivity index (χ0v) is 16.5. The lowest BCUT2D eigenvalue weighted by atomic mass is 10.2. The maximum atomic E-state index is 12.5. The van der Waals surface area contributed by atoms with Gasteiger partial charge in [0, 0.05) is 36.9 Å². The molecule has 0 bridgehead atoms. The van der Waals surface area contributed by atoms with E-state index in [0.29, 0.717) is 37.2 Å². The maximum Gasteiger partial charge on any atom is 0.409 e. The van der Waals surface area contributed by atoms with Crippen molar-refractivity contribution >= 4 is 29.3 Å². The van der Waals surface area contributed by atoms with Gasteiger partial charge in [-0.2, -0.15) is 0 Å². The van der Waals surface area contributed by atoms with Crippen LogP contribution in [-0.4, -0.2) is 60.6 Å². The summed E-state index contributed by atoms with van der Waals surface area (Å²) >= 11 is 5.87. The van der Waals surface area contributed by atoms with Gasteiger partial charge in [0.05, 0.1) is 12.6 Å². The smallest absolute Gasteiger partial charge is 0.409 e. The number of carbonyl (C=O) groups excluding carboxylic acids is 2. The Bertz CT molecular complexity index is 607. The Labute approximate surface area is 160 Å². The van der Waals surface area contributed by atoms with E-state index in [-0.39, 0.29) is 18.0 Å².